The van der Waals surface area contributed by atoms with Gasteiger partial charge in [-0.25, -0.2) is 28.1 Å². The van der Waals surface area contributed by atoms with Gasteiger partial charge in [-0.3, -0.25) is 0 Å². The molecule has 0 amide bonds. The Bertz CT molecular complexity index is 1170. The van der Waals surface area contributed by atoms with E-state index in [4.69, 9.17) is 0 Å². The van der Waals surface area contributed by atoms with Crippen molar-refractivity contribution in [2.45, 2.75) is 37.6 Å². The second kappa shape index (κ2) is 10.2. The summed E-state index contributed by atoms with van der Waals surface area (Å²) in [5.41, 5.74) is 0.391. The molecule has 3 rings (SSSR count). The molecule has 7 heteroatoms. The quantitative estimate of drug-likeness (QED) is 0.356. The SMILES string of the molecule is C=CCn1c(=O)n(CC=C)c(=O)n(C[Si]C(CC)(c2ccccc2)c2ccccc2)c1=O. The molecule has 0 atom stereocenters. The molecule has 32 heavy (non-hydrogen) atoms. The third-order valence-corrected chi connectivity index (χ3v) is 7.62. The predicted octanol–water partition coefficient (Wildman–Crippen LogP) is 2.56. The molecule has 0 aliphatic heterocycles. The van der Waals surface area contributed by atoms with Gasteiger partial charge in [0.1, 0.15) is 0 Å². The Hall–Kier alpha value is -3.45. The first-order valence-electron chi connectivity index (χ1n) is 10.5. The fraction of sp³-hybridized carbons (Fsp3) is 0.240. The zero-order chi connectivity index (χ0) is 23.1. The number of aromatic nitrogens is 3. The summed E-state index contributed by atoms with van der Waals surface area (Å²) in [4.78, 5) is 38.8. The van der Waals surface area contributed by atoms with Gasteiger partial charge in [0.15, 0.2) is 0 Å². The molecule has 0 fully saturated rings. The summed E-state index contributed by atoms with van der Waals surface area (Å²) in [6.45, 7) is 9.45. The molecule has 2 aromatic carbocycles. The summed E-state index contributed by atoms with van der Waals surface area (Å²) < 4.78 is 3.26. The van der Waals surface area contributed by atoms with Gasteiger partial charge < -0.3 is 0 Å². The lowest BCUT2D eigenvalue weighted by Crippen LogP contribution is -2.55. The van der Waals surface area contributed by atoms with Gasteiger partial charge in [0.25, 0.3) is 0 Å². The van der Waals surface area contributed by atoms with Crippen molar-refractivity contribution in [3.8, 4) is 0 Å². The summed E-state index contributed by atoms with van der Waals surface area (Å²) in [7, 11) is 0.195. The molecule has 0 unspecified atom stereocenters. The first kappa shape index (κ1) is 23.2. The van der Waals surface area contributed by atoms with Crippen LogP contribution in [0.3, 0.4) is 0 Å². The number of hydrogen-bond acceptors (Lipinski definition) is 3. The fourth-order valence-corrected chi connectivity index (χ4v) is 5.64. The number of rotatable bonds is 10. The average Bonchev–Trinajstić information content (AvgIpc) is 2.83. The van der Waals surface area contributed by atoms with Crippen molar-refractivity contribution in [1.29, 1.82) is 0 Å². The normalized spacial score (nSPS) is 11.3. The number of hydrogen-bond donors (Lipinski definition) is 0. The molecule has 164 valence electrons. The first-order valence-corrected chi connectivity index (χ1v) is 11.7. The van der Waals surface area contributed by atoms with Gasteiger partial charge in [0.05, 0.1) is 22.6 Å². The summed E-state index contributed by atoms with van der Waals surface area (Å²) >= 11 is 0. The lowest BCUT2D eigenvalue weighted by Gasteiger charge is -2.34. The first-order chi connectivity index (χ1) is 15.5. The van der Waals surface area contributed by atoms with E-state index in [9.17, 15) is 14.4 Å². The second-order valence-corrected chi connectivity index (χ2v) is 8.92. The van der Waals surface area contributed by atoms with Gasteiger partial charge >= 0.3 is 17.1 Å². The Morgan fingerprint density at radius 3 is 1.53 bits per heavy atom. The predicted molar refractivity (Wildman–Crippen MR) is 129 cm³/mol. The van der Waals surface area contributed by atoms with Gasteiger partial charge in [-0.1, -0.05) is 79.7 Å². The highest BCUT2D eigenvalue weighted by Gasteiger charge is 2.33. The summed E-state index contributed by atoms with van der Waals surface area (Å²) in [5.74, 6) is 0. The van der Waals surface area contributed by atoms with Gasteiger partial charge in [0.2, 0.25) is 0 Å². The molecule has 0 saturated carbocycles. The second-order valence-electron chi connectivity index (χ2n) is 7.40. The van der Waals surface area contributed by atoms with Crippen LogP contribution in [0.25, 0.3) is 0 Å². The van der Waals surface area contributed by atoms with Crippen molar-refractivity contribution in [2.75, 3.05) is 0 Å². The number of benzene rings is 2. The van der Waals surface area contributed by atoms with Gasteiger partial charge in [-0.05, 0) is 17.5 Å². The molecule has 3 aromatic rings. The fourth-order valence-electron chi connectivity index (χ4n) is 3.95. The monoisotopic (exact) mass is 445 g/mol. The van der Waals surface area contributed by atoms with Crippen LogP contribution >= 0.6 is 0 Å². The van der Waals surface area contributed by atoms with E-state index in [1.807, 2.05) is 36.4 Å². The van der Waals surface area contributed by atoms with E-state index in [0.717, 1.165) is 26.7 Å². The zero-order valence-corrected chi connectivity index (χ0v) is 19.2. The highest BCUT2D eigenvalue weighted by Crippen LogP contribution is 2.34. The molecule has 0 bridgehead atoms. The molecule has 0 saturated heterocycles. The topological polar surface area (TPSA) is 66.0 Å². The molecule has 0 N–H and O–H groups in total. The van der Waals surface area contributed by atoms with Crippen LogP contribution in [-0.4, -0.2) is 23.2 Å². The third kappa shape index (κ3) is 4.29. The molecular weight excluding hydrogens is 418 g/mol. The van der Waals surface area contributed by atoms with E-state index in [2.05, 4.69) is 44.3 Å². The van der Waals surface area contributed by atoms with Crippen molar-refractivity contribution >= 4 is 9.52 Å². The average molecular weight is 446 g/mol. The zero-order valence-electron chi connectivity index (χ0n) is 18.2. The Kier molecular flexibility index (Phi) is 7.43. The van der Waals surface area contributed by atoms with Crippen LogP contribution in [0.2, 0.25) is 0 Å². The standard InChI is InChI=1S/C25H27N3O3Si/c1-4-17-26-22(29)27(18-5-2)24(31)28(23(26)30)19-32-25(6-3,20-13-9-7-10-14-20)21-15-11-8-12-16-21/h4-5,7-16H,1-2,6,17-19H2,3H3. The highest BCUT2D eigenvalue weighted by atomic mass is 28.2. The van der Waals surface area contributed by atoms with Gasteiger partial charge in [-0.2, -0.15) is 0 Å². The van der Waals surface area contributed by atoms with E-state index < -0.39 is 17.1 Å². The minimum atomic E-state index is -0.646. The molecule has 1 heterocycles. The summed E-state index contributed by atoms with van der Waals surface area (Å²) in [5, 5.41) is -0.364. The Balaban J connectivity index is 2.16. The lowest BCUT2D eigenvalue weighted by molar-refractivity contribution is 0.506. The molecule has 0 aliphatic carbocycles. The van der Waals surface area contributed by atoms with E-state index in [1.54, 1.807) is 0 Å². The Morgan fingerprint density at radius 2 is 1.16 bits per heavy atom. The highest BCUT2D eigenvalue weighted by molar-refractivity contribution is 6.40. The van der Waals surface area contributed by atoms with Crippen LogP contribution in [0.5, 0.6) is 0 Å². The molecule has 1 aromatic heterocycles. The van der Waals surface area contributed by atoms with Crippen LogP contribution in [0, 0.1) is 0 Å². The number of nitrogens with zero attached hydrogens (tertiary/aromatic N) is 3. The van der Waals surface area contributed by atoms with Crippen LogP contribution in [0.1, 0.15) is 24.5 Å². The maximum absolute atomic E-state index is 13.1. The molecule has 2 radical (unpaired) electrons. The number of allylic oxidation sites excluding steroid dienone is 2. The van der Waals surface area contributed by atoms with E-state index in [1.165, 1.54) is 16.7 Å². The van der Waals surface area contributed by atoms with Crippen molar-refractivity contribution in [1.82, 2.24) is 13.7 Å². The summed E-state index contributed by atoms with van der Waals surface area (Å²) in [6.07, 6.45) is 3.94. The minimum absolute atomic E-state index is 0.0362. The van der Waals surface area contributed by atoms with E-state index in [-0.39, 0.29) is 33.8 Å². The van der Waals surface area contributed by atoms with Crippen molar-refractivity contribution in [3.05, 3.63) is 129 Å². The maximum Gasteiger partial charge on any atom is 0.336 e. The van der Waals surface area contributed by atoms with Crippen molar-refractivity contribution in [2.24, 2.45) is 0 Å². The summed E-state index contributed by atoms with van der Waals surface area (Å²) in [6, 6.07) is 20.3. The van der Waals surface area contributed by atoms with Crippen molar-refractivity contribution in [3.63, 3.8) is 0 Å². The van der Waals surface area contributed by atoms with E-state index in [0.29, 0.717) is 0 Å². The molecule has 6 nitrogen and oxygen atoms in total. The van der Waals surface area contributed by atoms with Gasteiger partial charge in [-0.15, -0.1) is 13.2 Å². The lowest BCUT2D eigenvalue weighted by atomic mass is 9.88. The Labute approximate surface area is 189 Å². The smallest absolute Gasteiger partial charge is 0.248 e. The van der Waals surface area contributed by atoms with Crippen LogP contribution in [-0.2, 0) is 24.3 Å². The van der Waals surface area contributed by atoms with Gasteiger partial charge in [0, 0.05) is 11.2 Å². The molecular formula is C25H27N3O3Si. The largest absolute Gasteiger partial charge is 0.336 e. The van der Waals surface area contributed by atoms with Crippen LogP contribution < -0.4 is 17.1 Å². The van der Waals surface area contributed by atoms with Crippen molar-refractivity contribution < 1.29 is 0 Å². The van der Waals surface area contributed by atoms with Crippen LogP contribution in [0.4, 0.5) is 0 Å². The maximum atomic E-state index is 13.1. The Morgan fingerprint density at radius 1 is 0.750 bits per heavy atom. The molecule has 0 spiro atoms. The van der Waals surface area contributed by atoms with E-state index >= 15 is 0 Å². The minimum Gasteiger partial charge on any atom is -0.248 e. The van der Waals surface area contributed by atoms with Crippen LogP contribution in [0.15, 0.2) is 100 Å². The molecule has 0 aliphatic rings. The third-order valence-electron chi connectivity index (χ3n) is 5.61.